The van der Waals surface area contributed by atoms with Crippen molar-refractivity contribution >= 4 is 28.6 Å². The molecule has 3 heterocycles. The van der Waals surface area contributed by atoms with Gasteiger partial charge in [0.25, 0.3) is 0 Å². The number of rotatable bonds is 0. The summed E-state index contributed by atoms with van der Waals surface area (Å²) in [5.41, 5.74) is 3.84. The molecule has 0 saturated carbocycles. The number of para-hydroxylation sites is 1. The van der Waals surface area contributed by atoms with Gasteiger partial charge in [0.1, 0.15) is 5.37 Å². The van der Waals surface area contributed by atoms with Crippen molar-refractivity contribution in [3.05, 3.63) is 35.5 Å². The zero-order chi connectivity index (χ0) is 11.4. The van der Waals surface area contributed by atoms with Crippen LogP contribution in [0.3, 0.4) is 0 Å². The van der Waals surface area contributed by atoms with Crippen LogP contribution in [-0.2, 0) is 11.2 Å². The molecule has 0 aliphatic carbocycles. The molecular weight excluding hydrogens is 232 g/mol. The van der Waals surface area contributed by atoms with Crippen LogP contribution in [0.1, 0.15) is 16.6 Å². The molecular formula is C13H12N2OS. The first-order valence-corrected chi connectivity index (χ1v) is 6.90. The molecule has 0 radical (unpaired) electrons. The van der Waals surface area contributed by atoms with E-state index in [-0.39, 0.29) is 11.3 Å². The minimum absolute atomic E-state index is 0.221. The Balaban J connectivity index is 1.94. The van der Waals surface area contributed by atoms with E-state index >= 15 is 0 Å². The van der Waals surface area contributed by atoms with Crippen LogP contribution in [0.15, 0.2) is 24.3 Å². The van der Waals surface area contributed by atoms with Gasteiger partial charge in [0.05, 0.1) is 11.4 Å². The third kappa shape index (κ3) is 1.21. The Morgan fingerprint density at radius 3 is 3.18 bits per heavy atom. The van der Waals surface area contributed by atoms with Crippen molar-refractivity contribution in [2.75, 3.05) is 12.3 Å². The Hall–Kier alpha value is -1.42. The number of aromatic amines is 1. The van der Waals surface area contributed by atoms with E-state index in [2.05, 4.69) is 29.2 Å². The second-order valence-corrected chi connectivity index (χ2v) is 5.63. The molecule has 4 heteroatoms. The number of nitrogens with zero attached hydrogens (tertiary/aromatic N) is 1. The molecule has 1 aromatic heterocycles. The zero-order valence-electron chi connectivity index (χ0n) is 9.27. The summed E-state index contributed by atoms with van der Waals surface area (Å²) >= 11 is 1.74. The quantitative estimate of drug-likeness (QED) is 0.772. The lowest BCUT2D eigenvalue weighted by atomic mass is 10.0. The molecule has 2 aliphatic heterocycles. The van der Waals surface area contributed by atoms with Gasteiger partial charge in [-0.3, -0.25) is 4.79 Å². The highest BCUT2D eigenvalue weighted by Gasteiger charge is 2.38. The summed E-state index contributed by atoms with van der Waals surface area (Å²) in [4.78, 5) is 17.2. The lowest BCUT2D eigenvalue weighted by Crippen LogP contribution is -2.34. The molecule has 1 fully saturated rings. The predicted octanol–water partition coefficient (Wildman–Crippen LogP) is 2.30. The van der Waals surface area contributed by atoms with Crippen molar-refractivity contribution in [1.82, 2.24) is 9.88 Å². The maximum Gasteiger partial charge on any atom is 0.233 e. The lowest BCUT2D eigenvalue weighted by molar-refractivity contribution is -0.128. The Bertz CT molecular complexity index is 619. The highest BCUT2D eigenvalue weighted by Crippen LogP contribution is 2.44. The van der Waals surface area contributed by atoms with E-state index < -0.39 is 0 Å². The van der Waals surface area contributed by atoms with E-state index in [4.69, 9.17) is 0 Å². The van der Waals surface area contributed by atoms with Crippen LogP contribution < -0.4 is 0 Å². The molecule has 1 aromatic carbocycles. The summed E-state index contributed by atoms with van der Waals surface area (Å²) in [6.07, 6.45) is 0.974. The van der Waals surface area contributed by atoms with Crippen LogP contribution >= 0.6 is 11.8 Å². The van der Waals surface area contributed by atoms with Crippen LogP contribution in [0.2, 0.25) is 0 Å². The zero-order valence-corrected chi connectivity index (χ0v) is 10.1. The van der Waals surface area contributed by atoms with Gasteiger partial charge >= 0.3 is 0 Å². The number of nitrogens with one attached hydrogen (secondary N) is 1. The Morgan fingerprint density at radius 1 is 1.35 bits per heavy atom. The second kappa shape index (κ2) is 3.29. The fourth-order valence-electron chi connectivity index (χ4n) is 2.87. The fourth-order valence-corrected chi connectivity index (χ4v) is 4.11. The van der Waals surface area contributed by atoms with E-state index in [1.165, 1.54) is 22.2 Å². The van der Waals surface area contributed by atoms with E-state index in [9.17, 15) is 4.79 Å². The predicted molar refractivity (Wildman–Crippen MR) is 68.9 cm³/mol. The molecule has 1 N–H and O–H groups in total. The van der Waals surface area contributed by atoms with Gasteiger partial charge in [-0.05, 0) is 18.1 Å². The topological polar surface area (TPSA) is 36.1 Å². The maximum absolute atomic E-state index is 11.7. The van der Waals surface area contributed by atoms with Crippen molar-refractivity contribution in [3.8, 4) is 0 Å². The molecule has 17 heavy (non-hydrogen) atoms. The molecule has 86 valence electrons. The van der Waals surface area contributed by atoms with Gasteiger partial charge in [0.2, 0.25) is 5.91 Å². The Labute approximate surface area is 103 Å². The van der Waals surface area contributed by atoms with E-state index in [1.54, 1.807) is 11.8 Å². The third-order valence-corrected chi connectivity index (χ3v) is 4.88. The average Bonchev–Trinajstić information content (AvgIpc) is 2.90. The number of H-pyrrole nitrogens is 1. The minimum atomic E-state index is 0.221. The monoisotopic (exact) mass is 244 g/mol. The highest BCUT2D eigenvalue weighted by atomic mass is 32.2. The summed E-state index contributed by atoms with van der Waals surface area (Å²) < 4.78 is 0. The molecule has 1 amide bonds. The number of fused-ring (bicyclic) bond motifs is 5. The molecule has 1 atom stereocenters. The van der Waals surface area contributed by atoms with Gasteiger partial charge in [-0.15, -0.1) is 11.8 Å². The number of carbonyl (C=O) groups is 1. The van der Waals surface area contributed by atoms with Crippen molar-refractivity contribution in [2.45, 2.75) is 11.8 Å². The third-order valence-electron chi connectivity index (χ3n) is 3.66. The minimum Gasteiger partial charge on any atom is -0.356 e. The van der Waals surface area contributed by atoms with Crippen molar-refractivity contribution in [2.24, 2.45) is 0 Å². The number of hydrogen-bond acceptors (Lipinski definition) is 2. The van der Waals surface area contributed by atoms with Gasteiger partial charge < -0.3 is 9.88 Å². The fraction of sp³-hybridized carbons (Fsp3) is 0.308. The largest absolute Gasteiger partial charge is 0.356 e. The summed E-state index contributed by atoms with van der Waals surface area (Å²) in [6.45, 7) is 0.866. The van der Waals surface area contributed by atoms with E-state index in [0.29, 0.717) is 5.75 Å². The first-order chi connectivity index (χ1) is 8.34. The SMILES string of the molecule is O=C1CSC2c3[nH]c4ccccc4c3CCN12. The van der Waals surface area contributed by atoms with E-state index in [1.807, 2.05) is 4.90 Å². The summed E-state index contributed by atoms with van der Waals surface area (Å²) in [5.74, 6) is 0.906. The standard InChI is InChI=1S/C13H12N2OS/c16-11-7-17-13-12-9(5-6-15(11)13)8-3-1-2-4-10(8)14-12/h1-4,13-14H,5-7H2. The normalized spacial score (nSPS) is 22.9. The Kier molecular flexibility index (Phi) is 1.86. The molecule has 1 saturated heterocycles. The second-order valence-electron chi connectivity index (χ2n) is 4.56. The molecule has 0 spiro atoms. The number of thioether (sulfide) groups is 1. The summed E-state index contributed by atoms with van der Waals surface area (Å²) in [6, 6.07) is 8.41. The summed E-state index contributed by atoms with van der Waals surface area (Å²) in [5, 5.41) is 1.54. The highest BCUT2D eigenvalue weighted by molar-refractivity contribution is 8.00. The van der Waals surface area contributed by atoms with Crippen LogP contribution in [0, 0.1) is 0 Å². The van der Waals surface area contributed by atoms with Crippen LogP contribution in [0.25, 0.3) is 10.9 Å². The van der Waals surface area contributed by atoms with Crippen molar-refractivity contribution in [1.29, 1.82) is 0 Å². The van der Waals surface area contributed by atoms with Crippen LogP contribution in [-0.4, -0.2) is 28.1 Å². The number of hydrogen-bond donors (Lipinski definition) is 1. The van der Waals surface area contributed by atoms with Gasteiger partial charge in [-0.1, -0.05) is 18.2 Å². The Morgan fingerprint density at radius 2 is 2.24 bits per heavy atom. The molecule has 2 aromatic rings. The first kappa shape index (κ1) is 9.59. The van der Waals surface area contributed by atoms with Crippen molar-refractivity contribution in [3.63, 3.8) is 0 Å². The van der Waals surface area contributed by atoms with Crippen LogP contribution in [0.4, 0.5) is 0 Å². The first-order valence-electron chi connectivity index (χ1n) is 5.85. The number of carbonyl (C=O) groups excluding carboxylic acids is 1. The average molecular weight is 244 g/mol. The van der Waals surface area contributed by atoms with Gasteiger partial charge in [0, 0.05) is 17.4 Å². The number of aromatic nitrogens is 1. The molecule has 2 aliphatic rings. The van der Waals surface area contributed by atoms with Crippen molar-refractivity contribution < 1.29 is 4.79 Å². The molecule has 3 nitrogen and oxygen atoms in total. The molecule has 0 bridgehead atoms. The lowest BCUT2D eigenvalue weighted by Gasteiger charge is -2.28. The smallest absolute Gasteiger partial charge is 0.233 e. The van der Waals surface area contributed by atoms with Gasteiger partial charge in [-0.25, -0.2) is 0 Å². The van der Waals surface area contributed by atoms with Gasteiger partial charge in [0.15, 0.2) is 0 Å². The number of benzene rings is 1. The maximum atomic E-state index is 11.7. The summed E-state index contributed by atoms with van der Waals surface area (Å²) in [7, 11) is 0. The molecule has 4 rings (SSSR count). The van der Waals surface area contributed by atoms with Crippen LogP contribution in [0.5, 0.6) is 0 Å². The van der Waals surface area contributed by atoms with E-state index in [0.717, 1.165) is 13.0 Å². The number of amides is 1. The van der Waals surface area contributed by atoms with Gasteiger partial charge in [-0.2, -0.15) is 0 Å². The molecule has 1 unspecified atom stereocenters.